The van der Waals surface area contributed by atoms with Crippen LogP contribution in [0.3, 0.4) is 0 Å². The first-order valence-corrected chi connectivity index (χ1v) is 13.4. The number of anilines is 3. The molecule has 0 spiro atoms. The van der Waals surface area contributed by atoms with Gasteiger partial charge in [0.05, 0.1) is 31.5 Å². The molecule has 0 unspecified atom stereocenters. The lowest BCUT2D eigenvalue weighted by Gasteiger charge is -2.31. The summed E-state index contributed by atoms with van der Waals surface area (Å²) in [5.41, 5.74) is 3.02. The Balaban J connectivity index is 1.32. The Kier molecular flexibility index (Phi) is 8.52. The maximum absolute atomic E-state index is 6.28. The lowest BCUT2D eigenvalue weighted by Crippen LogP contribution is -2.42. The predicted octanol–water partition coefficient (Wildman–Crippen LogP) is 6.74. The van der Waals surface area contributed by atoms with Crippen LogP contribution in [0.15, 0.2) is 6.07 Å². The van der Waals surface area contributed by atoms with Crippen LogP contribution in [0, 0.1) is 0 Å². The number of hydrogen-bond donors (Lipinski definition) is 3. The Morgan fingerprint density at radius 2 is 1.62 bits per heavy atom. The molecule has 4 rings (SSSR count). The van der Waals surface area contributed by atoms with Crippen molar-refractivity contribution < 1.29 is 0 Å². The first-order chi connectivity index (χ1) is 16.2. The molecule has 6 nitrogen and oxygen atoms in total. The van der Waals surface area contributed by atoms with Crippen molar-refractivity contribution >= 4 is 81.2 Å². The van der Waals surface area contributed by atoms with Gasteiger partial charge in [0, 0.05) is 31.7 Å². The first kappa shape index (κ1) is 25.8. The Bertz CT molecular complexity index is 1070. The molecule has 1 fully saturated rings. The summed E-state index contributed by atoms with van der Waals surface area (Å²) >= 11 is 30.1. The van der Waals surface area contributed by atoms with Crippen LogP contribution in [-0.2, 0) is 12.8 Å². The fourth-order valence-corrected chi connectivity index (χ4v) is 5.71. The van der Waals surface area contributed by atoms with Crippen molar-refractivity contribution in [3.05, 3.63) is 37.4 Å². The summed E-state index contributed by atoms with van der Waals surface area (Å²) in [5, 5.41) is 11.5. The van der Waals surface area contributed by atoms with Gasteiger partial charge in [-0.25, -0.2) is 4.98 Å². The van der Waals surface area contributed by atoms with Crippen LogP contribution >= 0.6 is 58.6 Å². The minimum absolute atomic E-state index is 0.203. The van der Waals surface area contributed by atoms with Crippen LogP contribution < -0.4 is 20.9 Å². The number of rotatable bonds is 5. The molecular formula is C23H28Cl4N6S. The van der Waals surface area contributed by atoms with Crippen LogP contribution in [0.1, 0.15) is 49.8 Å². The molecule has 1 saturated carbocycles. The molecule has 2 aromatic rings. The Morgan fingerprint density at radius 1 is 0.941 bits per heavy atom. The average Bonchev–Trinajstić information content (AvgIpc) is 2.81. The van der Waals surface area contributed by atoms with E-state index in [2.05, 4.69) is 20.9 Å². The number of thiocarbonyl (C=S) groups is 1. The molecule has 3 N–H and O–H groups in total. The zero-order valence-electron chi connectivity index (χ0n) is 19.2. The highest BCUT2D eigenvalue weighted by Crippen LogP contribution is 2.40. The van der Waals surface area contributed by atoms with Crippen LogP contribution in [0.2, 0.25) is 20.1 Å². The summed E-state index contributed by atoms with van der Waals surface area (Å²) in [4.78, 5) is 11.8. The lowest BCUT2D eigenvalue weighted by molar-refractivity contribution is 0.387. The highest BCUT2D eigenvalue weighted by Gasteiger charge is 2.25. The third kappa shape index (κ3) is 5.93. The number of aryl methyl sites for hydroxylation is 1. The SMILES string of the molecule is CN(C)c1nc(N[C@H]2CC[C@@H](NC(=S)Nc3cc(Cl)c(Cl)c(Cl)c3Cl)CC2)nc2c1CCCC2. The summed E-state index contributed by atoms with van der Waals surface area (Å²) in [5.74, 6) is 1.78. The summed E-state index contributed by atoms with van der Waals surface area (Å²) < 4.78 is 0. The number of hydrogen-bond acceptors (Lipinski definition) is 5. The van der Waals surface area contributed by atoms with Crippen molar-refractivity contribution in [2.45, 2.75) is 63.5 Å². The maximum Gasteiger partial charge on any atom is 0.225 e. The fraction of sp³-hybridized carbons (Fsp3) is 0.522. The van der Waals surface area contributed by atoms with Crippen molar-refractivity contribution in [3.8, 4) is 0 Å². The average molecular weight is 562 g/mol. The number of benzene rings is 1. The second-order valence-corrected chi connectivity index (χ2v) is 11.0. The molecule has 11 heteroatoms. The van der Waals surface area contributed by atoms with Gasteiger partial charge in [-0.3, -0.25) is 0 Å². The van der Waals surface area contributed by atoms with E-state index in [0.29, 0.717) is 21.9 Å². The van der Waals surface area contributed by atoms with E-state index in [0.717, 1.165) is 50.3 Å². The van der Waals surface area contributed by atoms with Gasteiger partial charge in [0.25, 0.3) is 0 Å². The number of halogens is 4. The van der Waals surface area contributed by atoms with Crippen molar-refractivity contribution in [3.63, 3.8) is 0 Å². The Hall–Kier alpha value is -1.25. The van der Waals surface area contributed by atoms with E-state index in [1.165, 1.54) is 24.1 Å². The van der Waals surface area contributed by atoms with Gasteiger partial charge in [-0.05, 0) is 69.7 Å². The highest BCUT2D eigenvalue weighted by atomic mass is 35.5. The normalized spacial score (nSPS) is 19.8. The maximum atomic E-state index is 6.28. The summed E-state index contributed by atoms with van der Waals surface area (Å²) in [6.45, 7) is 0. The standard InChI is InChI=1S/C23H28Cl4N6S/c1-33(2)21-14-5-3-4-6-16(14)30-22(32-21)28-12-7-9-13(10-8-12)29-23(34)31-17-11-15(24)18(25)20(27)19(17)26/h11-13H,3-10H2,1-2H3,(H,28,30,32)(H2,29,31,34)/t12-,13+. The third-order valence-corrected chi connectivity index (χ3v) is 8.30. The van der Waals surface area contributed by atoms with E-state index >= 15 is 0 Å². The second kappa shape index (κ2) is 11.2. The lowest BCUT2D eigenvalue weighted by atomic mass is 9.91. The van der Waals surface area contributed by atoms with Gasteiger partial charge in [0.1, 0.15) is 5.82 Å². The minimum Gasteiger partial charge on any atom is -0.362 e. The molecule has 34 heavy (non-hydrogen) atoms. The van der Waals surface area contributed by atoms with Crippen molar-refractivity contribution in [2.24, 2.45) is 0 Å². The van der Waals surface area contributed by atoms with Crippen LogP contribution in [0.4, 0.5) is 17.5 Å². The van der Waals surface area contributed by atoms with Gasteiger partial charge in [0.15, 0.2) is 5.11 Å². The summed E-state index contributed by atoms with van der Waals surface area (Å²) in [6.07, 6.45) is 8.44. The molecule has 0 radical (unpaired) electrons. The number of nitrogens with one attached hydrogen (secondary N) is 3. The van der Waals surface area contributed by atoms with E-state index in [9.17, 15) is 0 Å². The zero-order chi connectivity index (χ0) is 24.4. The fourth-order valence-electron chi connectivity index (χ4n) is 4.58. The molecule has 0 bridgehead atoms. The topological polar surface area (TPSA) is 65.1 Å². The second-order valence-electron chi connectivity index (χ2n) is 9.04. The van der Waals surface area contributed by atoms with Gasteiger partial charge >= 0.3 is 0 Å². The number of nitrogens with zero attached hydrogens (tertiary/aromatic N) is 3. The third-order valence-electron chi connectivity index (χ3n) is 6.33. The smallest absolute Gasteiger partial charge is 0.225 e. The molecule has 0 amide bonds. The molecule has 0 aliphatic heterocycles. The molecule has 1 heterocycles. The molecule has 2 aliphatic rings. The monoisotopic (exact) mass is 560 g/mol. The molecule has 184 valence electrons. The quantitative estimate of drug-likeness (QED) is 0.212. The minimum atomic E-state index is 0.203. The van der Waals surface area contributed by atoms with Crippen LogP contribution in [-0.4, -0.2) is 41.3 Å². The van der Waals surface area contributed by atoms with Crippen molar-refractivity contribution in [1.29, 1.82) is 0 Å². The van der Waals surface area contributed by atoms with E-state index < -0.39 is 0 Å². The summed E-state index contributed by atoms with van der Waals surface area (Å²) in [7, 11) is 4.10. The zero-order valence-corrected chi connectivity index (χ0v) is 23.0. The van der Waals surface area contributed by atoms with E-state index in [1.807, 2.05) is 14.1 Å². The molecule has 2 aliphatic carbocycles. The number of fused-ring (bicyclic) bond motifs is 1. The predicted molar refractivity (Wildman–Crippen MR) is 149 cm³/mol. The van der Waals surface area contributed by atoms with Crippen molar-refractivity contribution in [2.75, 3.05) is 29.6 Å². The molecule has 0 atom stereocenters. The highest BCUT2D eigenvalue weighted by molar-refractivity contribution is 7.80. The largest absolute Gasteiger partial charge is 0.362 e. The molecule has 0 saturated heterocycles. The molecular weight excluding hydrogens is 534 g/mol. The van der Waals surface area contributed by atoms with Crippen LogP contribution in [0.25, 0.3) is 0 Å². The van der Waals surface area contributed by atoms with Crippen LogP contribution in [0.5, 0.6) is 0 Å². The van der Waals surface area contributed by atoms with E-state index in [4.69, 9.17) is 68.6 Å². The number of aromatic nitrogens is 2. The van der Waals surface area contributed by atoms with E-state index in [1.54, 1.807) is 6.07 Å². The van der Waals surface area contributed by atoms with Gasteiger partial charge in [-0.2, -0.15) is 4.98 Å². The van der Waals surface area contributed by atoms with Gasteiger partial charge in [-0.1, -0.05) is 46.4 Å². The summed E-state index contributed by atoms with van der Waals surface area (Å²) in [6, 6.07) is 2.21. The molecule has 1 aromatic heterocycles. The van der Waals surface area contributed by atoms with Gasteiger partial charge < -0.3 is 20.9 Å². The van der Waals surface area contributed by atoms with Gasteiger partial charge in [0.2, 0.25) is 5.95 Å². The van der Waals surface area contributed by atoms with E-state index in [-0.39, 0.29) is 21.1 Å². The van der Waals surface area contributed by atoms with Gasteiger partial charge in [-0.15, -0.1) is 0 Å². The Labute approximate surface area is 226 Å². The van der Waals surface area contributed by atoms with Crippen molar-refractivity contribution in [1.82, 2.24) is 15.3 Å². The first-order valence-electron chi connectivity index (χ1n) is 11.5. The molecule has 1 aromatic carbocycles. The Morgan fingerprint density at radius 3 is 2.32 bits per heavy atom.